The molecule has 0 aromatic rings. The fourth-order valence-corrected chi connectivity index (χ4v) is 3.35. The summed E-state index contributed by atoms with van der Waals surface area (Å²) in [5.74, 6) is -0.690. The minimum absolute atomic E-state index is 0.00192. The highest BCUT2D eigenvalue weighted by Gasteiger charge is 2.63. The lowest BCUT2D eigenvalue weighted by molar-refractivity contribution is -0.197. The number of rotatable bonds is 3. The van der Waals surface area contributed by atoms with E-state index in [0.717, 1.165) is 25.7 Å². The van der Waals surface area contributed by atoms with Crippen LogP contribution < -0.4 is 0 Å². The number of hydrogen-bond acceptors (Lipinski definition) is 2. The van der Waals surface area contributed by atoms with E-state index in [1.165, 1.54) is 0 Å². The van der Waals surface area contributed by atoms with E-state index >= 15 is 0 Å². The minimum Gasteiger partial charge on any atom is -0.481 e. The van der Waals surface area contributed by atoms with Gasteiger partial charge in [-0.15, -0.1) is 0 Å². The Morgan fingerprint density at radius 2 is 2.00 bits per heavy atom. The molecule has 2 aliphatic carbocycles. The lowest BCUT2D eigenvalue weighted by Crippen LogP contribution is -2.60. The largest absolute Gasteiger partial charge is 0.481 e. The number of carbonyl (C=O) groups is 1. The van der Waals surface area contributed by atoms with Crippen molar-refractivity contribution in [2.75, 3.05) is 0 Å². The summed E-state index contributed by atoms with van der Waals surface area (Å²) in [6, 6.07) is 0. The van der Waals surface area contributed by atoms with Gasteiger partial charge in [0.1, 0.15) is 0 Å². The zero-order chi connectivity index (χ0) is 10.4. The van der Waals surface area contributed by atoms with E-state index in [4.69, 9.17) is 0 Å². The highest BCUT2D eigenvalue weighted by atomic mass is 16.4. The monoisotopic (exact) mass is 198 g/mol. The summed E-state index contributed by atoms with van der Waals surface area (Å²) in [6.07, 6.45) is 4.71. The molecule has 0 bridgehead atoms. The van der Waals surface area contributed by atoms with Gasteiger partial charge < -0.3 is 10.2 Å². The van der Waals surface area contributed by atoms with Crippen molar-refractivity contribution in [1.82, 2.24) is 0 Å². The molecule has 14 heavy (non-hydrogen) atoms. The van der Waals surface area contributed by atoms with E-state index in [9.17, 15) is 15.0 Å². The van der Waals surface area contributed by atoms with E-state index in [1.54, 1.807) is 0 Å². The molecule has 2 fully saturated rings. The van der Waals surface area contributed by atoms with Crippen molar-refractivity contribution < 1.29 is 15.0 Å². The van der Waals surface area contributed by atoms with Crippen LogP contribution in [0.5, 0.6) is 0 Å². The third-order valence-electron chi connectivity index (χ3n) is 4.58. The van der Waals surface area contributed by atoms with E-state index in [0.29, 0.717) is 12.8 Å². The molecule has 0 heterocycles. The summed E-state index contributed by atoms with van der Waals surface area (Å²) in [4.78, 5) is 11.3. The molecule has 0 saturated heterocycles. The van der Waals surface area contributed by atoms with E-state index in [2.05, 4.69) is 6.92 Å². The maximum atomic E-state index is 11.3. The Labute approximate surface area is 84.1 Å². The fraction of sp³-hybridized carbons (Fsp3) is 0.909. The summed E-state index contributed by atoms with van der Waals surface area (Å²) < 4.78 is 0. The van der Waals surface area contributed by atoms with Crippen molar-refractivity contribution in [3.05, 3.63) is 0 Å². The van der Waals surface area contributed by atoms with Gasteiger partial charge in [-0.2, -0.15) is 0 Å². The lowest BCUT2D eigenvalue weighted by atomic mass is 9.44. The molecule has 0 aliphatic heterocycles. The Kier molecular flexibility index (Phi) is 2.11. The zero-order valence-corrected chi connectivity index (χ0v) is 8.62. The van der Waals surface area contributed by atoms with Crippen molar-refractivity contribution in [3.63, 3.8) is 0 Å². The van der Waals surface area contributed by atoms with Crippen LogP contribution in [-0.2, 0) is 4.79 Å². The number of aliphatic hydroxyl groups is 1. The highest BCUT2D eigenvalue weighted by molar-refractivity contribution is 5.77. The topological polar surface area (TPSA) is 57.5 Å². The van der Waals surface area contributed by atoms with E-state index in [1.807, 2.05) is 0 Å². The fourth-order valence-electron chi connectivity index (χ4n) is 3.35. The molecule has 0 spiro atoms. The predicted octanol–water partition coefficient (Wildman–Crippen LogP) is 1.79. The molecule has 0 atom stereocenters. The van der Waals surface area contributed by atoms with Gasteiger partial charge in [-0.25, -0.2) is 0 Å². The highest BCUT2D eigenvalue weighted by Crippen LogP contribution is 2.64. The smallest absolute Gasteiger partial charge is 0.310 e. The van der Waals surface area contributed by atoms with Crippen LogP contribution in [0.1, 0.15) is 45.4 Å². The van der Waals surface area contributed by atoms with Gasteiger partial charge in [0, 0.05) is 0 Å². The number of hydrogen-bond donors (Lipinski definition) is 2. The molecular formula is C11H18O3. The SMILES string of the molecule is CCC1(C2(C(=O)O)CC(O)C2)CCC1. The van der Waals surface area contributed by atoms with Gasteiger partial charge in [0.05, 0.1) is 11.5 Å². The van der Waals surface area contributed by atoms with Gasteiger partial charge in [0.15, 0.2) is 0 Å². The van der Waals surface area contributed by atoms with Crippen LogP contribution in [0, 0.1) is 10.8 Å². The number of aliphatic hydroxyl groups excluding tert-OH is 1. The van der Waals surface area contributed by atoms with Gasteiger partial charge in [-0.05, 0) is 37.5 Å². The van der Waals surface area contributed by atoms with Gasteiger partial charge in [-0.3, -0.25) is 4.79 Å². The molecule has 3 nitrogen and oxygen atoms in total. The first-order valence-electron chi connectivity index (χ1n) is 5.48. The Hall–Kier alpha value is -0.570. The van der Waals surface area contributed by atoms with Crippen LogP contribution in [0.4, 0.5) is 0 Å². The van der Waals surface area contributed by atoms with Crippen molar-refractivity contribution in [2.24, 2.45) is 10.8 Å². The van der Waals surface area contributed by atoms with Crippen LogP contribution in [0.25, 0.3) is 0 Å². The average Bonchev–Trinajstić information content (AvgIpc) is 1.98. The molecule has 0 aromatic heterocycles. The Bertz CT molecular complexity index is 244. The van der Waals surface area contributed by atoms with Gasteiger partial charge >= 0.3 is 5.97 Å². The van der Waals surface area contributed by atoms with Crippen molar-refractivity contribution in [1.29, 1.82) is 0 Å². The molecule has 0 aromatic carbocycles. The van der Waals surface area contributed by atoms with Crippen LogP contribution in [0.3, 0.4) is 0 Å². The van der Waals surface area contributed by atoms with Crippen LogP contribution in [-0.4, -0.2) is 22.3 Å². The third kappa shape index (κ3) is 0.991. The van der Waals surface area contributed by atoms with Gasteiger partial charge in [0.25, 0.3) is 0 Å². The Morgan fingerprint density at radius 3 is 2.21 bits per heavy atom. The summed E-state index contributed by atoms with van der Waals surface area (Å²) >= 11 is 0. The normalized spacial score (nSPS) is 39.7. The Morgan fingerprint density at radius 1 is 1.43 bits per heavy atom. The molecule has 0 amide bonds. The molecule has 0 radical (unpaired) electrons. The summed E-state index contributed by atoms with van der Waals surface area (Å²) in [6.45, 7) is 2.08. The number of carboxylic acid groups (broad SMARTS) is 1. The van der Waals surface area contributed by atoms with E-state index < -0.39 is 11.4 Å². The molecule has 80 valence electrons. The first kappa shape index (κ1) is 9.97. The second-order valence-corrected chi connectivity index (χ2v) is 4.94. The molecule has 0 unspecified atom stereocenters. The third-order valence-corrected chi connectivity index (χ3v) is 4.58. The van der Waals surface area contributed by atoms with Crippen LogP contribution >= 0.6 is 0 Å². The van der Waals surface area contributed by atoms with Crippen LogP contribution in [0.2, 0.25) is 0 Å². The molecule has 2 rings (SSSR count). The zero-order valence-electron chi connectivity index (χ0n) is 8.62. The van der Waals surface area contributed by atoms with Crippen molar-refractivity contribution >= 4 is 5.97 Å². The second-order valence-electron chi connectivity index (χ2n) is 4.94. The standard InChI is InChI=1S/C11H18O3/c1-2-10(4-3-5-10)11(9(13)14)6-8(12)7-11/h8,12H,2-7H2,1H3,(H,13,14). The lowest BCUT2D eigenvalue weighted by Gasteiger charge is -2.59. The van der Waals surface area contributed by atoms with Gasteiger partial charge in [0.2, 0.25) is 0 Å². The summed E-state index contributed by atoms with van der Waals surface area (Å²) in [7, 11) is 0. The van der Waals surface area contributed by atoms with E-state index in [-0.39, 0.29) is 11.5 Å². The molecule has 2 saturated carbocycles. The second kappa shape index (κ2) is 2.96. The average molecular weight is 198 g/mol. The van der Waals surface area contributed by atoms with Crippen LogP contribution in [0.15, 0.2) is 0 Å². The molecule has 3 heteroatoms. The summed E-state index contributed by atoms with van der Waals surface area (Å²) in [5, 5.41) is 18.7. The molecular weight excluding hydrogens is 180 g/mol. The number of carboxylic acids is 1. The first-order chi connectivity index (χ1) is 6.56. The maximum Gasteiger partial charge on any atom is 0.310 e. The maximum absolute atomic E-state index is 11.3. The minimum atomic E-state index is -0.690. The van der Waals surface area contributed by atoms with Crippen molar-refractivity contribution in [3.8, 4) is 0 Å². The predicted molar refractivity (Wildman–Crippen MR) is 51.9 cm³/mol. The quantitative estimate of drug-likeness (QED) is 0.727. The molecule has 2 N–H and O–H groups in total. The first-order valence-corrected chi connectivity index (χ1v) is 5.48. The van der Waals surface area contributed by atoms with Crippen molar-refractivity contribution in [2.45, 2.75) is 51.6 Å². The molecule has 2 aliphatic rings. The Balaban J connectivity index is 2.23. The number of aliphatic carboxylic acids is 1. The summed E-state index contributed by atoms with van der Waals surface area (Å²) in [5.41, 5.74) is -0.600. The van der Waals surface area contributed by atoms with Gasteiger partial charge in [-0.1, -0.05) is 13.3 Å².